The van der Waals surface area contributed by atoms with Crippen LogP contribution in [0.15, 0.2) is 24.3 Å². The minimum absolute atomic E-state index is 0. The first-order chi connectivity index (χ1) is 9.17. The highest BCUT2D eigenvalue weighted by atomic mass is 35.5. The van der Waals surface area contributed by atoms with Crippen molar-refractivity contribution < 1.29 is 14.3 Å². The molecule has 0 aromatic heterocycles. The smallest absolute Gasteiger partial charge is 0.338 e. The fraction of sp³-hybridized carbons (Fsp3) is 0.429. The Balaban J connectivity index is 0.00000361. The molecule has 0 atom stereocenters. The van der Waals surface area contributed by atoms with Gasteiger partial charge in [-0.05, 0) is 45.1 Å². The number of ether oxygens (including phenoxy) is 1. The van der Waals surface area contributed by atoms with Gasteiger partial charge in [-0.2, -0.15) is 0 Å². The van der Waals surface area contributed by atoms with E-state index in [-0.39, 0.29) is 24.3 Å². The van der Waals surface area contributed by atoms with Crippen LogP contribution >= 0.6 is 12.4 Å². The van der Waals surface area contributed by atoms with E-state index >= 15 is 0 Å². The molecule has 0 aliphatic heterocycles. The van der Waals surface area contributed by atoms with Gasteiger partial charge in [0, 0.05) is 12.1 Å². The Kier molecular flexibility index (Phi) is 9.41. The average molecular weight is 301 g/mol. The second kappa shape index (κ2) is 10.2. The molecule has 0 unspecified atom stereocenters. The van der Waals surface area contributed by atoms with Gasteiger partial charge in [0.15, 0.2) is 0 Å². The van der Waals surface area contributed by atoms with Crippen molar-refractivity contribution in [1.29, 1.82) is 0 Å². The van der Waals surface area contributed by atoms with Crippen molar-refractivity contribution in [2.75, 3.05) is 25.5 Å². The van der Waals surface area contributed by atoms with Crippen LogP contribution in [0, 0.1) is 0 Å². The molecule has 1 rings (SSSR count). The summed E-state index contributed by atoms with van der Waals surface area (Å²) in [7, 11) is 1.85. The number of halogens is 1. The van der Waals surface area contributed by atoms with Gasteiger partial charge in [-0.25, -0.2) is 4.79 Å². The maximum absolute atomic E-state index is 11.6. The van der Waals surface area contributed by atoms with Gasteiger partial charge < -0.3 is 15.4 Å². The molecule has 1 aromatic rings. The molecule has 0 spiro atoms. The van der Waals surface area contributed by atoms with Crippen LogP contribution in [0.25, 0.3) is 0 Å². The first kappa shape index (κ1) is 18.4. The van der Waals surface area contributed by atoms with Gasteiger partial charge in [-0.1, -0.05) is 6.07 Å². The zero-order valence-corrected chi connectivity index (χ0v) is 12.6. The Morgan fingerprint density at radius 3 is 2.70 bits per heavy atom. The molecular weight excluding hydrogens is 280 g/mol. The van der Waals surface area contributed by atoms with Gasteiger partial charge in [0.2, 0.25) is 5.91 Å². The molecule has 5 nitrogen and oxygen atoms in total. The molecule has 0 saturated carbocycles. The molecule has 112 valence electrons. The van der Waals surface area contributed by atoms with Crippen LogP contribution in [0.5, 0.6) is 0 Å². The summed E-state index contributed by atoms with van der Waals surface area (Å²) in [5.41, 5.74) is 1.05. The first-order valence-corrected chi connectivity index (χ1v) is 6.39. The SMILES string of the molecule is CCOC(=O)c1cccc(NC(=O)CCCNC)c1.Cl. The van der Waals surface area contributed by atoms with E-state index in [1.54, 1.807) is 31.2 Å². The largest absolute Gasteiger partial charge is 0.462 e. The fourth-order valence-electron chi connectivity index (χ4n) is 1.59. The van der Waals surface area contributed by atoms with Crippen LogP contribution in [-0.4, -0.2) is 32.1 Å². The summed E-state index contributed by atoms with van der Waals surface area (Å²) >= 11 is 0. The van der Waals surface area contributed by atoms with E-state index in [0.717, 1.165) is 13.0 Å². The van der Waals surface area contributed by atoms with Gasteiger partial charge in [-0.3, -0.25) is 4.79 Å². The van der Waals surface area contributed by atoms with E-state index in [4.69, 9.17) is 4.74 Å². The normalized spacial score (nSPS) is 9.50. The highest BCUT2D eigenvalue weighted by Crippen LogP contribution is 2.12. The summed E-state index contributed by atoms with van der Waals surface area (Å²) in [6.07, 6.45) is 1.23. The fourth-order valence-corrected chi connectivity index (χ4v) is 1.59. The molecule has 6 heteroatoms. The van der Waals surface area contributed by atoms with Crippen molar-refractivity contribution in [1.82, 2.24) is 5.32 Å². The molecule has 0 radical (unpaired) electrons. The van der Waals surface area contributed by atoms with Gasteiger partial charge >= 0.3 is 5.97 Å². The highest BCUT2D eigenvalue weighted by Gasteiger charge is 2.08. The Hall–Kier alpha value is -1.59. The molecule has 2 N–H and O–H groups in total. The third kappa shape index (κ3) is 6.54. The van der Waals surface area contributed by atoms with Crippen LogP contribution < -0.4 is 10.6 Å². The van der Waals surface area contributed by atoms with Crippen molar-refractivity contribution in [2.45, 2.75) is 19.8 Å². The standard InChI is InChI=1S/C14H20N2O3.ClH/c1-3-19-14(18)11-6-4-7-12(10-11)16-13(17)8-5-9-15-2;/h4,6-7,10,15H,3,5,8-9H2,1-2H3,(H,16,17);1H. The maximum Gasteiger partial charge on any atom is 0.338 e. The molecule has 0 heterocycles. The van der Waals surface area contributed by atoms with E-state index in [9.17, 15) is 9.59 Å². The lowest BCUT2D eigenvalue weighted by Crippen LogP contribution is -2.15. The summed E-state index contributed by atoms with van der Waals surface area (Å²) in [5, 5.41) is 5.75. The second-order valence-electron chi connectivity index (χ2n) is 4.06. The van der Waals surface area contributed by atoms with Crippen molar-refractivity contribution in [3.05, 3.63) is 29.8 Å². The number of nitrogens with one attached hydrogen (secondary N) is 2. The number of rotatable bonds is 7. The maximum atomic E-state index is 11.6. The zero-order valence-electron chi connectivity index (χ0n) is 11.8. The topological polar surface area (TPSA) is 67.4 Å². The third-order valence-corrected chi connectivity index (χ3v) is 2.49. The number of carbonyl (C=O) groups excluding carboxylic acids is 2. The van der Waals surface area contributed by atoms with Crippen LogP contribution in [0.2, 0.25) is 0 Å². The summed E-state index contributed by atoms with van der Waals surface area (Å²) in [4.78, 5) is 23.2. The Morgan fingerprint density at radius 2 is 2.05 bits per heavy atom. The van der Waals surface area contributed by atoms with Crippen LogP contribution in [0.1, 0.15) is 30.1 Å². The third-order valence-electron chi connectivity index (χ3n) is 2.49. The van der Waals surface area contributed by atoms with Crippen molar-refractivity contribution >= 4 is 30.0 Å². The van der Waals surface area contributed by atoms with Crippen LogP contribution in [0.4, 0.5) is 5.69 Å². The number of anilines is 1. The predicted molar refractivity (Wildman–Crippen MR) is 81.4 cm³/mol. The van der Waals surface area contributed by atoms with E-state index in [0.29, 0.717) is 24.3 Å². The molecular formula is C14H21ClN2O3. The number of carbonyl (C=O) groups is 2. The number of benzene rings is 1. The quantitative estimate of drug-likeness (QED) is 0.598. The zero-order chi connectivity index (χ0) is 14.1. The first-order valence-electron chi connectivity index (χ1n) is 6.39. The monoisotopic (exact) mass is 300 g/mol. The molecule has 0 aliphatic rings. The minimum Gasteiger partial charge on any atom is -0.462 e. The van der Waals surface area contributed by atoms with Gasteiger partial charge in [-0.15, -0.1) is 12.4 Å². The molecule has 0 saturated heterocycles. The van der Waals surface area contributed by atoms with Crippen molar-refractivity contribution in [3.8, 4) is 0 Å². The second-order valence-corrected chi connectivity index (χ2v) is 4.06. The van der Waals surface area contributed by atoms with E-state index in [1.807, 2.05) is 7.05 Å². The number of amides is 1. The van der Waals surface area contributed by atoms with Crippen LogP contribution in [0.3, 0.4) is 0 Å². The Morgan fingerprint density at radius 1 is 1.30 bits per heavy atom. The van der Waals surface area contributed by atoms with Gasteiger partial charge in [0.1, 0.15) is 0 Å². The lowest BCUT2D eigenvalue weighted by molar-refractivity contribution is -0.116. The van der Waals surface area contributed by atoms with Crippen molar-refractivity contribution in [2.24, 2.45) is 0 Å². The Bertz CT molecular complexity index is 438. The summed E-state index contributed by atoms with van der Waals surface area (Å²) in [5.74, 6) is -0.440. The summed E-state index contributed by atoms with van der Waals surface area (Å²) in [6.45, 7) is 2.89. The lowest BCUT2D eigenvalue weighted by Gasteiger charge is -2.07. The molecule has 20 heavy (non-hydrogen) atoms. The average Bonchev–Trinajstić information content (AvgIpc) is 2.39. The number of hydrogen-bond donors (Lipinski definition) is 2. The summed E-state index contributed by atoms with van der Waals surface area (Å²) < 4.78 is 4.91. The van der Waals surface area contributed by atoms with E-state index < -0.39 is 0 Å². The molecule has 1 aromatic carbocycles. The summed E-state index contributed by atoms with van der Waals surface area (Å²) in [6, 6.07) is 6.75. The van der Waals surface area contributed by atoms with Gasteiger partial charge in [0.25, 0.3) is 0 Å². The van der Waals surface area contributed by atoms with E-state index in [1.165, 1.54) is 0 Å². The molecule has 1 amide bonds. The lowest BCUT2D eigenvalue weighted by atomic mass is 10.2. The predicted octanol–water partition coefficient (Wildman–Crippen LogP) is 2.22. The number of esters is 1. The Labute approximate surface area is 125 Å². The van der Waals surface area contributed by atoms with E-state index in [2.05, 4.69) is 10.6 Å². The highest BCUT2D eigenvalue weighted by molar-refractivity contribution is 5.94. The number of hydrogen-bond acceptors (Lipinski definition) is 4. The van der Waals surface area contributed by atoms with Gasteiger partial charge in [0.05, 0.1) is 12.2 Å². The molecule has 0 fully saturated rings. The molecule has 0 bridgehead atoms. The van der Waals surface area contributed by atoms with Crippen molar-refractivity contribution in [3.63, 3.8) is 0 Å². The molecule has 0 aliphatic carbocycles. The minimum atomic E-state index is -0.381. The van der Waals surface area contributed by atoms with Crippen LogP contribution in [-0.2, 0) is 9.53 Å².